The van der Waals surface area contributed by atoms with Gasteiger partial charge in [-0.25, -0.2) is 0 Å². The van der Waals surface area contributed by atoms with Gasteiger partial charge in [0.15, 0.2) is 0 Å². The van der Waals surface area contributed by atoms with E-state index in [4.69, 9.17) is 9.47 Å². The molecule has 3 rings (SSSR count). The molecular weight excluding hydrogens is 388 g/mol. The first-order valence-corrected chi connectivity index (χ1v) is 11.4. The summed E-state index contributed by atoms with van der Waals surface area (Å²) in [6, 6.07) is -1.34. The number of ether oxygens (including phenoxy) is 2. The second kappa shape index (κ2) is 9.22. The van der Waals surface area contributed by atoms with Gasteiger partial charge in [-0.3, -0.25) is 14.4 Å². The molecule has 6 atom stereocenters. The molecule has 3 heterocycles. The lowest BCUT2D eigenvalue weighted by molar-refractivity contribution is -0.155. The molecule has 0 unspecified atom stereocenters. The number of unbranched alkanes of at least 4 members (excludes halogenated alkanes) is 1. The van der Waals surface area contributed by atoms with Crippen molar-refractivity contribution in [2.24, 2.45) is 17.8 Å². The maximum absolute atomic E-state index is 13.7. The van der Waals surface area contributed by atoms with Crippen LogP contribution < -0.4 is 5.32 Å². The van der Waals surface area contributed by atoms with Crippen LogP contribution in [-0.4, -0.2) is 71.3 Å². The van der Waals surface area contributed by atoms with Crippen molar-refractivity contribution >= 4 is 17.8 Å². The zero-order valence-electron chi connectivity index (χ0n) is 18.6. The summed E-state index contributed by atoms with van der Waals surface area (Å²) in [7, 11) is 0. The van der Waals surface area contributed by atoms with Gasteiger partial charge in [-0.05, 0) is 38.5 Å². The summed E-state index contributed by atoms with van der Waals surface area (Å²) in [6.45, 7) is 8.32. The topological polar surface area (TPSA) is 105 Å². The summed E-state index contributed by atoms with van der Waals surface area (Å²) in [5.74, 6) is -2.16. The number of fused-ring (bicyclic) bond motifs is 1. The number of aliphatic hydroxyl groups is 1. The van der Waals surface area contributed by atoms with E-state index in [-0.39, 0.29) is 30.9 Å². The molecule has 1 spiro atoms. The van der Waals surface area contributed by atoms with Crippen LogP contribution in [0.1, 0.15) is 59.8 Å². The van der Waals surface area contributed by atoms with Gasteiger partial charge in [0.05, 0.1) is 37.2 Å². The number of carbonyl (C=O) groups is 3. The van der Waals surface area contributed by atoms with E-state index >= 15 is 0 Å². The molecule has 3 saturated heterocycles. The number of likely N-dealkylation sites (tertiary alicyclic amines) is 1. The predicted octanol–water partition coefficient (Wildman–Crippen LogP) is 1.25. The number of amides is 2. The van der Waals surface area contributed by atoms with Crippen molar-refractivity contribution in [3.63, 3.8) is 0 Å². The third-order valence-corrected chi connectivity index (χ3v) is 6.72. The molecule has 2 bridgehead atoms. The Morgan fingerprint density at radius 1 is 1.37 bits per heavy atom. The number of esters is 1. The van der Waals surface area contributed by atoms with Crippen LogP contribution in [-0.2, 0) is 23.9 Å². The molecule has 0 aromatic rings. The number of aliphatic hydroxyl groups excluding tert-OH is 1. The molecule has 2 N–H and O–H groups in total. The van der Waals surface area contributed by atoms with Crippen LogP contribution in [0.3, 0.4) is 0 Å². The van der Waals surface area contributed by atoms with E-state index < -0.39 is 41.6 Å². The maximum atomic E-state index is 13.7. The van der Waals surface area contributed by atoms with Crippen molar-refractivity contribution < 1.29 is 29.0 Å². The quantitative estimate of drug-likeness (QED) is 0.404. The maximum Gasteiger partial charge on any atom is 0.312 e. The van der Waals surface area contributed by atoms with Crippen LogP contribution in [0.5, 0.6) is 0 Å². The van der Waals surface area contributed by atoms with Crippen LogP contribution in [0.4, 0.5) is 0 Å². The van der Waals surface area contributed by atoms with Crippen LogP contribution in [0.15, 0.2) is 0 Å². The largest absolute Gasteiger partial charge is 0.466 e. The van der Waals surface area contributed by atoms with Crippen molar-refractivity contribution in [1.82, 2.24) is 10.2 Å². The van der Waals surface area contributed by atoms with Gasteiger partial charge in [-0.1, -0.05) is 27.2 Å². The van der Waals surface area contributed by atoms with Gasteiger partial charge in [0.2, 0.25) is 11.8 Å². The lowest BCUT2D eigenvalue weighted by atomic mass is 9.71. The summed E-state index contributed by atoms with van der Waals surface area (Å²) >= 11 is 0. The molecule has 0 aromatic carbocycles. The van der Waals surface area contributed by atoms with E-state index in [0.717, 1.165) is 12.8 Å². The molecule has 8 nitrogen and oxygen atoms in total. The number of hydrogen-bond donors (Lipinski definition) is 2. The minimum atomic E-state index is -1.03. The Kier molecular flexibility index (Phi) is 7.07. The van der Waals surface area contributed by atoms with Gasteiger partial charge in [-0.2, -0.15) is 0 Å². The van der Waals surface area contributed by atoms with Crippen LogP contribution >= 0.6 is 0 Å². The lowest BCUT2D eigenvalue weighted by Gasteiger charge is -2.37. The molecule has 2 amide bonds. The van der Waals surface area contributed by atoms with Gasteiger partial charge < -0.3 is 24.8 Å². The van der Waals surface area contributed by atoms with Gasteiger partial charge in [0.25, 0.3) is 0 Å². The van der Waals surface area contributed by atoms with Gasteiger partial charge in [0.1, 0.15) is 11.6 Å². The number of nitrogens with zero attached hydrogens (tertiary/aromatic N) is 1. The van der Waals surface area contributed by atoms with E-state index in [0.29, 0.717) is 25.8 Å². The second-order valence-electron chi connectivity index (χ2n) is 9.16. The first-order chi connectivity index (χ1) is 14.3. The Morgan fingerprint density at radius 2 is 2.10 bits per heavy atom. The molecule has 0 saturated carbocycles. The first kappa shape index (κ1) is 23.0. The highest BCUT2D eigenvalue weighted by atomic mass is 16.6. The van der Waals surface area contributed by atoms with E-state index in [1.165, 1.54) is 4.90 Å². The average molecular weight is 425 g/mol. The van der Waals surface area contributed by atoms with Crippen LogP contribution in [0.25, 0.3) is 0 Å². The Labute approximate surface area is 178 Å². The fourth-order valence-electron chi connectivity index (χ4n) is 5.60. The molecule has 0 aliphatic carbocycles. The molecule has 0 aromatic heterocycles. The molecule has 0 radical (unpaired) electrons. The van der Waals surface area contributed by atoms with Crippen molar-refractivity contribution in [3.8, 4) is 0 Å². The van der Waals surface area contributed by atoms with Crippen molar-refractivity contribution in [3.05, 3.63) is 0 Å². The highest BCUT2D eigenvalue weighted by Gasteiger charge is 2.75. The average Bonchev–Trinajstić information content (AvgIpc) is 3.33. The zero-order chi connectivity index (χ0) is 22.1. The second-order valence-corrected chi connectivity index (χ2v) is 9.16. The molecule has 8 heteroatoms. The fourth-order valence-corrected chi connectivity index (χ4v) is 5.60. The van der Waals surface area contributed by atoms with E-state index in [9.17, 15) is 19.5 Å². The van der Waals surface area contributed by atoms with Crippen LogP contribution in [0.2, 0.25) is 0 Å². The minimum Gasteiger partial charge on any atom is -0.466 e. The predicted molar refractivity (Wildman–Crippen MR) is 109 cm³/mol. The van der Waals surface area contributed by atoms with E-state index in [1.807, 2.05) is 20.8 Å². The lowest BCUT2D eigenvalue weighted by Crippen LogP contribution is -2.58. The number of nitrogens with one attached hydrogen (secondary N) is 1. The molecule has 30 heavy (non-hydrogen) atoms. The SMILES string of the molecule is CCCCNC(=O)[C@H]1N([C@@H](CO)CC(C)C)C(=O)[C@@H]2[C@@H](C(=O)OCC)[C@H]3CC[C@]21O3. The molecule has 3 aliphatic rings. The van der Waals surface area contributed by atoms with E-state index in [2.05, 4.69) is 5.32 Å². The third kappa shape index (κ3) is 3.73. The van der Waals surface area contributed by atoms with Gasteiger partial charge in [0, 0.05) is 6.54 Å². The Bertz CT molecular complexity index is 668. The number of carbonyl (C=O) groups excluding carboxylic acids is 3. The molecule has 170 valence electrons. The van der Waals surface area contributed by atoms with E-state index in [1.54, 1.807) is 6.92 Å². The highest BCUT2D eigenvalue weighted by Crippen LogP contribution is 2.59. The van der Waals surface area contributed by atoms with Crippen molar-refractivity contribution in [1.29, 1.82) is 0 Å². The third-order valence-electron chi connectivity index (χ3n) is 6.72. The highest BCUT2D eigenvalue weighted by molar-refractivity contribution is 5.98. The Morgan fingerprint density at radius 3 is 2.70 bits per heavy atom. The molecule has 3 fully saturated rings. The summed E-state index contributed by atoms with van der Waals surface area (Å²) in [6.07, 6.45) is 3.12. The molecular formula is C22H36N2O6. The zero-order valence-corrected chi connectivity index (χ0v) is 18.6. The molecule has 3 aliphatic heterocycles. The Balaban J connectivity index is 1.98. The normalized spacial score (nSPS) is 33.1. The monoisotopic (exact) mass is 424 g/mol. The summed E-state index contributed by atoms with van der Waals surface area (Å²) in [5, 5.41) is 13.1. The Hall–Kier alpha value is -1.67. The minimum absolute atomic E-state index is 0.229. The van der Waals surface area contributed by atoms with Crippen LogP contribution in [0, 0.1) is 17.8 Å². The van der Waals surface area contributed by atoms with Gasteiger partial charge in [-0.15, -0.1) is 0 Å². The number of hydrogen-bond acceptors (Lipinski definition) is 6. The van der Waals surface area contributed by atoms with Crippen molar-refractivity contribution in [2.75, 3.05) is 19.8 Å². The standard InChI is InChI=1S/C22H36N2O6/c1-5-7-10-23-19(26)18-22-9-8-15(30-22)16(21(28)29-6-2)17(22)20(27)24(18)14(12-25)11-13(3)4/h13-18,25H,5-12H2,1-4H3,(H,23,26)/t14-,15-,16+,17+,18-,22+/m1/s1. The smallest absolute Gasteiger partial charge is 0.312 e. The van der Waals surface area contributed by atoms with Crippen molar-refractivity contribution in [2.45, 2.75) is 83.6 Å². The van der Waals surface area contributed by atoms with Gasteiger partial charge >= 0.3 is 5.97 Å². The summed E-state index contributed by atoms with van der Waals surface area (Å²) in [5.41, 5.74) is -1.03. The number of rotatable bonds is 10. The first-order valence-electron chi connectivity index (χ1n) is 11.4. The fraction of sp³-hybridized carbons (Fsp3) is 0.864. The summed E-state index contributed by atoms with van der Waals surface area (Å²) in [4.78, 5) is 41.2. The summed E-state index contributed by atoms with van der Waals surface area (Å²) < 4.78 is 11.6.